The number of carbonyl (C=O) groups excluding carboxylic acids is 1. The van der Waals surface area contributed by atoms with Crippen LogP contribution in [0.4, 0.5) is 0 Å². The van der Waals surface area contributed by atoms with Crippen molar-refractivity contribution >= 4 is 5.91 Å². The maximum absolute atomic E-state index is 13.0. The highest BCUT2D eigenvalue weighted by atomic mass is 16.5. The summed E-state index contributed by atoms with van der Waals surface area (Å²) < 4.78 is 12.7. The molecule has 0 aromatic heterocycles. The number of rotatable bonds is 5. The zero-order valence-electron chi connectivity index (χ0n) is 18.0. The fraction of sp³-hybridized carbons (Fsp3) is 0.708. The van der Waals surface area contributed by atoms with Crippen LogP contribution in [0.25, 0.3) is 0 Å². The van der Waals surface area contributed by atoms with Gasteiger partial charge in [0.1, 0.15) is 12.0 Å². The lowest BCUT2D eigenvalue weighted by Gasteiger charge is -2.34. The Hall–Kier alpha value is -1.55. The zero-order chi connectivity index (χ0) is 20.1. The van der Waals surface area contributed by atoms with Crippen molar-refractivity contribution in [2.45, 2.75) is 78.6 Å². The number of benzene rings is 1. The van der Waals surface area contributed by atoms with Crippen molar-refractivity contribution in [2.24, 2.45) is 17.3 Å². The van der Waals surface area contributed by atoms with E-state index in [1.165, 1.54) is 12.8 Å². The Morgan fingerprint density at radius 1 is 1.21 bits per heavy atom. The van der Waals surface area contributed by atoms with Gasteiger partial charge in [-0.3, -0.25) is 4.79 Å². The van der Waals surface area contributed by atoms with Gasteiger partial charge in [0.25, 0.3) is 5.91 Å². The maximum Gasteiger partial charge on any atom is 0.262 e. The van der Waals surface area contributed by atoms with E-state index >= 15 is 0 Å². The molecule has 1 aromatic carbocycles. The predicted molar refractivity (Wildman–Crippen MR) is 109 cm³/mol. The van der Waals surface area contributed by atoms with E-state index in [1.54, 1.807) is 0 Å². The molecule has 0 spiro atoms. The molecule has 3 fully saturated rings. The predicted octanol–water partition coefficient (Wildman–Crippen LogP) is 4.66. The van der Waals surface area contributed by atoms with Crippen LogP contribution in [-0.4, -0.2) is 35.8 Å². The quantitative estimate of drug-likeness (QED) is 0.741. The third kappa shape index (κ3) is 3.14. The highest BCUT2D eigenvalue weighted by Crippen LogP contribution is 2.71. The number of ether oxygens (including phenoxy) is 2. The molecule has 1 radical (unpaired) electrons. The number of likely N-dealkylation sites (tertiary alicyclic amines) is 1. The van der Waals surface area contributed by atoms with E-state index in [1.807, 2.05) is 30.9 Å². The number of fused-ring (bicyclic) bond motifs is 1. The summed E-state index contributed by atoms with van der Waals surface area (Å²) in [5.41, 5.74) is 2.21. The molecule has 3 unspecified atom stereocenters. The number of nitrogens with zero attached hydrogens (tertiary/aromatic N) is 1. The van der Waals surface area contributed by atoms with Gasteiger partial charge in [-0.2, -0.15) is 0 Å². The summed E-state index contributed by atoms with van der Waals surface area (Å²) in [5.74, 6) is 2.17. The van der Waals surface area contributed by atoms with Gasteiger partial charge in [0.2, 0.25) is 0 Å². The molecule has 0 N–H and O–H groups in total. The normalized spacial score (nSPS) is 33.5. The molecule has 4 atom stereocenters. The molecule has 3 aliphatic rings. The molecule has 1 amide bonds. The van der Waals surface area contributed by atoms with Crippen molar-refractivity contribution < 1.29 is 14.3 Å². The summed E-state index contributed by atoms with van der Waals surface area (Å²) in [7, 11) is 0. The molecule has 153 valence electrons. The van der Waals surface area contributed by atoms with E-state index in [-0.39, 0.29) is 29.8 Å². The van der Waals surface area contributed by atoms with Gasteiger partial charge in [-0.05, 0) is 86.1 Å². The van der Waals surface area contributed by atoms with E-state index in [4.69, 9.17) is 9.47 Å². The first-order valence-electron chi connectivity index (χ1n) is 10.8. The molecule has 2 saturated carbocycles. The number of aryl methyl sites for hydroxylation is 2. The van der Waals surface area contributed by atoms with Crippen molar-refractivity contribution in [1.29, 1.82) is 0 Å². The second-order valence-corrected chi connectivity index (χ2v) is 9.79. The van der Waals surface area contributed by atoms with Crippen molar-refractivity contribution in [3.8, 4) is 5.75 Å². The Bertz CT molecular complexity index is 738. The van der Waals surface area contributed by atoms with E-state index in [2.05, 4.69) is 26.8 Å². The largest absolute Gasteiger partial charge is 0.483 e. The maximum atomic E-state index is 13.0. The average Bonchev–Trinajstić information content (AvgIpc) is 2.94. The molecule has 4 heteroatoms. The fourth-order valence-electron chi connectivity index (χ4n) is 5.84. The smallest absolute Gasteiger partial charge is 0.262 e. The highest BCUT2D eigenvalue weighted by molar-refractivity contribution is 5.78. The number of hydrogen-bond donors (Lipinski definition) is 0. The molecule has 1 saturated heterocycles. The minimum absolute atomic E-state index is 0.0318. The molecule has 1 aliphatic heterocycles. The Kier molecular flexibility index (Phi) is 4.97. The monoisotopic (exact) mass is 384 g/mol. The summed E-state index contributed by atoms with van der Waals surface area (Å²) in [6, 6.07) is 6.88. The molecule has 28 heavy (non-hydrogen) atoms. The van der Waals surface area contributed by atoms with Crippen LogP contribution in [0.3, 0.4) is 0 Å². The Balaban J connectivity index is 1.42. The zero-order valence-corrected chi connectivity index (χ0v) is 18.0. The minimum atomic E-state index is -0.100. The molecule has 1 aromatic rings. The third-order valence-corrected chi connectivity index (χ3v) is 7.56. The standard InChI is InChI=1S/C24H34NO3/c1-16-11-12-19-23(4,5)24(19,14-16)28-21-10-7-13-25(21)20(26)15-27-22-17(2)8-6-9-18(22)3/h8-9,16,19,21H,7,10-15H2,1-5H3/t16?,19?,21-,24?/m0/s1. The van der Waals surface area contributed by atoms with Crippen molar-refractivity contribution in [1.82, 2.24) is 4.90 Å². The molecule has 0 bridgehead atoms. The third-order valence-electron chi connectivity index (χ3n) is 7.56. The van der Waals surface area contributed by atoms with Gasteiger partial charge in [0.15, 0.2) is 6.61 Å². The van der Waals surface area contributed by atoms with E-state index < -0.39 is 0 Å². The minimum Gasteiger partial charge on any atom is -0.483 e. The van der Waals surface area contributed by atoms with Gasteiger partial charge in [0, 0.05) is 6.54 Å². The van der Waals surface area contributed by atoms with E-state index in [0.29, 0.717) is 11.8 Å². The molecule has 4 nitrogen and oxygen atoms in total. The van der Waals surface area contributed by atoms with Crippen LogP contribution in [0.5, 0.6) is 5.75 Å². The number of carbonyl (C=O) groups is 1. The highest BCUT2D eigenvalue weighted by Gasteiger charge is 2.73. The van der Waals surface area contributed by atoms with Crippen LogP contribution in [0, 0.1) is 37.2 Å². The Morgan fingerprint density at radius 3 is 2.64 bits per heavy atom. The van der Waals surface area contributed by atoms with E-state index in [9.17, 15) is 4.79 Å². The van der Waals surface area contributed by atoms with Gasteiger partial charge in [-0.1, -0.05) is 27.2 Å². The van der Waals surface area contributed by atoms with Crippen molar-refractivity contribution in [3.63, 3.8) is 0 Å². The van der Waals surface area contributed by atoms with Gasteiger partial charge in [-0.15, -0.1) is 0 Å². The second kappa shape index (κ2) is 7.05. The van der Waals surface area contributed by atoms with Crippen LogP contribution in [0.2, 0.25) is 0 Å². The number of amides is 1. The second-order valence-electron chi connectivity index (χ2n) is 9.79. The summed E-state index contributed by atoms with van der Waals surface area (Å²) in [6.07, 6.45) is 5.51. The van der Waals surface area contributed by atoms with Gasteiger partial charge < -0.3 is 14.4 Å². The van der Waals surface area contributed by atoms with Crippen LogP contribution in [-0.2, 0) is 9.53 Å². The van der Waals surface area contributed by atoms with Gasteiger partial charge >= 0.3 is 0 Å². The Labute approximate surface area is 169 Å². The first-order valence-corrected chi connectivity index (χ1v) is 10.8. The fourth-order valence-corrected chi connectivity index (χ4v) is 5.84. The Morgan fingerprint density at radius 2 is 1.93 bits per heavy atom. The van der Waals surface area contributed by atoms with Gasteiger partial charge in [-0.25, -0.2) is 0 Å². The molecule has 4 rings (SSSR count). The lowest BCUT2D eigenvalue weighted by molar-refractivity contribution is -0.158. The molecule has 2 aliphatic carbocycles. The van der Waals surface area contributed by atoms with Crippen LogP contribution >= 0.6 is 0 Å². The molecular weight excluding hydrogens is 350 g/mol. The van der Waals surface area contributed by atoms with E-state index in [0.717, 1.165) is 42.7 Å². The average molecular weight is 385 g/mol. The topological polar surface area (TPSA) is 38.8 Å². The van der Waals surface area contributed by atoms with Gasteiger partial charge in [0.05, 0.1) is 5.60 Å². The molecular formula is C24H34NO3. The lowest BCUT2D eigenvalue weighted by atomic mass is 9.88. The van der Waals surface area contributed by atoms with Crippen molar-refractivity contribution in [2.75, 3.05) is 13.2 Å². The summed E-state index contributed by atoms with van der Waals surface area (Å²) in [6.45, 7) is 11.8. The first kappa shape index (κ1) is 19.8. The SMILES string of the molecule is Cc1c[c]cc(C)c1OCC(=O)N1CCC[C@@H]1OC12CC(C)CCC1C2(C)C. The first-order chi connectivity index (χ1) is 13.3. The molecule has 1 heterocycles. The lowest BCUT2D eigenvalue weighted by Crippen LogP contribution is -2.44. The van der Waals surface area contributed by atoms with Crippen molar-refractivity contribution in [3.05, 3.63) is 29.3 Å². The summed E-state index contributed by atoms with van der Waals surface area (Å²) >= 11 is 0. The van der Waals surface area contributed by atoms with Crippen LogP contribution in [0.1, 0.15) is 64.0 Å². The van der Waals surface area contributed by atoms with Crippen LogP contribution in [0.15, 0.2) is 12.1 Å². The summed E-state index contributed by atoms with van der Waals surface area (Å²) in [4.78, 5) is 14.9. The number of hydrogen-bond acceptors (Lipinski definition) is 3. The summed E-state index contributed by atoms with van der Waals surface area (Å²) in [5, 5.41) is 0. The van der Waals surface area contributed by atoms with Crippen LogP contribution < -0.4 is 4.74 Å².